The van der Waals surface area contributed by atoms with E-state index in [4.69, 9.17) is 14.7 Å². The quantitative estimate of drug-likeness (QED) is 0.719. The van der Waals surface area contributed by atoms with Crippen LogP contribution in [0.4, 0.5) is 5.82 Å². The molecule has 134 valence electrons. The zero-order chi connectivity index (χ0) is 17.5. The molecule has 2 aliphatic rings. The summed E-state index contributed by atoms with van der Waals surface area (Å²) in [6, 6.07) is 7.95. The summed E-state index contributed by atoms with van der Waals surface area (Å²) in [4.78, 5) is 12.3. The molecule has 1 aliphatic carbocycles. The monoisotopic (exact) mass is 349 g/mol. The molecule has 26 heavy (non-hydrogen) atoms. The van der Waals surface area contributed by atoms with Crippen molar-refractivity contribution in [3.05, 3.63) is 36.3 Å². The Kier molecular flexibility index (Phi) is 3.76. The van der Waals surface area contributed by atoms with Gasteiger partial charge in [-0.2, -0.15) is 5.10 Å². The zero-order valence-electron chi connectivity index (χ0n) is 15.1. The fourth-order valence-electron chi connectivity index (χ4n) is 3.69. The highest BCUT2D eigenvalue weighted by atomic mass is 16.5. The van der Waals surface area contributed by atoms with Gasteiger partial charge in [-0.25, -0.2) is 14.6 Å². The third-order valence-electron chi connectivity index (χ3n) is 5.34. The Morgan fingerprint density at radius 3 is 2.46 bits per heavy atom. The molecule has 0 radical (unpaired) electrons. The van der Waals surface area contributed by atoms with Gasteiger partial charge in [0.25, 0.3) is 0 Å². The lowest BCUT2D eigenvalue weighted by Gasteiger charge is -2.28. The summed E-state index contributed by atoms with van der Waals surface area (Å²) in [5.41, 5.74) is 1.90. The molecule has 1 saturated carbocycles. The first-order chi connectivity index (χ1) is 12.8. The molecule has 0 amide bonds. The van der Waals surface area contributed by atoms with Crippen LogP contribution in [0.15, 0.2) is 30.5 Å². The summed E-state index contributed by atoms with van der Waals surface area (Å²) < 4.78 is 7.20. The maximum atomic E-state index is 5.27. The van der Waals surface area contributed by atoms with Crippen LogP contribution in [0.5, 0.6) is 5.75 Å². The Bertz CT molecular complexity index is 923. The predicted molar refractivity (Wildman–Crippen MR) is 101 cm³/mol. The van der Waals surface area contributed by atoms with Crippen LogP contribution < -0.4 is 9.64 Å². The lowest BCUT2D eigenvalue weighted by molar-refractivity contribution is 0.414. The van der Waals surface area contributed by atoms with E-state index in [2.05, 4.69) is 10.00 Å². The minimum absolute atomic E-state index is 0.516. The maximum Gasteiger partial charge on any atom is 0.168 e. The minimum atomic E-state index is 0.516. The number of benzene rings is 1. The van der Waals surface area contributed by atoms with Crippen LogP contribution in [0.2, 0.25) is 0 Å². The lowest BCUT2D eigenvalue weighted by atomic mass is 10.1. The van der Waals surface area contributed by atoms with Crippen molar-refractivity contribution >= 4 is 16.9 Å². The SMILES string of the molecule is COc1ccc(-n2ncc3c(N4CCCCC4)nc(C4CC4)nc32)cc1. The number of fused-ring (bicyclic) bond motifs is 1. The molecule has 1 aliphatic heterocycles. The van der Waals surface area contributed by atoms with E-state index >= 15 is 0 Å². The molecule has 6 nitrogen and oxygen atoms in total. The number of rotatable bonds is 4. The molecule has 3 aromatic rings. The molecule has 6 heteroatoms. The van der Waals surface area contributed by atoms with Crippen LogP contribution in [-0.2, 0) is 0 Å². The van der Waals surface area contributed by atoms with Crippen LogP contribution in [0.1, 0.15) is 43.8 Å². The molecule has 2 fully saturated rings. The van der Waals surface area contributed by atoms with Gasteiger partial charge in [-0.15, -0.1) is 0 Å². The summed E-state index contributed by atoms with van der Waals surface area (Å²) in [7, 11) is 1.68. The van der Waals surface area contributed by atoms with Crippen molar-refractivity contribution in [3.8, 4) is 11.4 Å². The van der Waals surface area contributed by atoms with Crippen molar-refractivity contribution < 1.29 is 4.74 Å². The number of hydrogen-bond acceptors (Lipinski definition) is 5. The number of hydrogen-bond donors (Lipinski definition) is 0. The van der Waals surface area contributed by atoms with Crippen molar-refractivity contribution in [3.63, 3.8) is 0 Å². The highest BCUT2D eigenvalue weighted by molar-refractivity contribution is 5.88. The van der Waals surface area contributed by atoms with Gasteiger partial charge in [0.05, 0.1) is 24.4 Å². The molecule has 2 aromatic heterocycles. The Labute approximate surface area is 152 Å². The van der Waals surface area contributed by atoms with Gasteiger partial charge in [0.15, 0.2) is 5.65 Å². The lowest BCUT2D eigenvalue weighted by Crippen LogP contribution is -2.30. The molecule has 0 spiro atoms. The van der Waals surface area contributed by atoms with Gasteiger partial charge >= 0.3 is 0 Å². The predicted octanol–water partition coefficient (Wildman–Crippen LogP) is 3.69. The van der Waals surface area contributed by atoms with Gasteiger partial charge < -0.3 is 9.64 Å². The minimum Gasteiger partial charge on any atom is -0.497 e. The van der Waals surface area contributed by atoms with Crippen molar-refractivity contribution in [2.45, 2.75) is 38.0 Å². The molecule has 1 saturated heterocycles. The summed E-state index contributed by atoms with van der Waals surface area (Å²) in [5.74, 6) is 3.40. The van der Waals surface area contributed by atoms with E-state index in [1.807, 2.05) is 35.1 Å². The summed E-state index contributed by atoms with van der Waals surface area (Å²) in [5, 5.41) is 5.69. The highest BCUT2D eigenvalue weighted by Crippen LogP contribution is 2.40. The summed E-state index contributed by atoms with van der Waals surface area (Å²) >= 11 is 0. The van der Waals surface area contributed by atoms with Gasteiger partial charge in [0.1, 0.15) is 17.4 Å². The third-order valence-corrected chi connectivity index (χ3v) is 5.34. The van der Waals surface area contributed by atoms with Gasteiger partial charge in [-0.05, 0) is 56.4 Å². The number of methoxy groups -OCH3 is 1. The van der Waals surface area contributed by atoms with Crippen LogP contribution in [0.3, 0.4) is 0 Å². The molecule has 1 aromatic carbocycles. The highest BCUT2D eigenvalue weighted by Gasteiger charge is 2.29. The molecule has 5 rings (SSSR count). The number of aromatic nitrogens is 4. The second-order valence-electron chi connectivity index (χ2n) is 7.22. The number of nitrogens with zero attached hydrogens (tertiary/aromatic N) is 5. The molecule has 0 unspecified atom stereocenters. The first-order valence-corrected chi connectivity index (χ1v) is 9.48. The molecule has 0 N–H and O–H groups in total. The van der Waals surface area contributed by atoms with E-state index in [9.17, 15) is 0 Å². The van der Waals surface area contributed by atoms with Gasteiger partial charge in [0.2, 0.25) is 0 Å². The first kappa shape index (κ1) is 15.6. The molecule has 0 atom stereocenters. The fourth-order valence-corrected chi connectivity index (χ4v) is 3.69. The van der Waals surface area contributed by atoms with Crippen molar-refractivity contribution in [1.29, 1.82) is 0 Å². The zero-order valence-corrected chi connectivity index (χ0v) is 15.1. The number of anilines is 1. The van der Waals surface area contributed by atoms with Crippen LogP contribution >= 0.6 is 0 Å². The molecule has 0 bridgehead atoms. The Hall–Kier alpha value is -2.63. The van der Waals surface area contributed by atoms with E-state index in [1.165, 1.54) is 32.1 Å². The Morgan fingerprint density at radius 2 is 1.77 bits per heavy atom. The molecular formula is C20H23N5O. The largest absolute Gasteiger partial charge is 0.497 e. The number of piperidine rings is 1. The van der Waals surface area contributed by atoms with Crippen LogP contribution in [0.25, 0.3) is 16.7 Å². The normalized spacial score (nSPS) is 17.7. The van der Waals surface area contributed by atoms with Gasteiger partial charge in [0, 0.05) is 19.0 Å². The van der Waals surface area contributed by atoms with E-state index < -0.39 is 0 Å². The van der Waals surface area contributed by atoms with E-state index in [-0.39, 0.29) is 0 Å². The maximum absolute atomic E-state index is 5.27. The standard InChI is InChI=1S/C20H23N5O/c1-26-16-9-7-15(8-10-16)25-20-17(13-21-25)19(24-11-3-2-4-12-24)22-18(23-20)14-5-6-14/h7-10,13-14H,2-6,11-12H2,1H3. The molecule has 3 heterocycles. The van der Waals surface area contributed by atoms with Gasteiger partial charge in [-0.3, -0.25) is 0 Å². The van der Waals surface area contributed by atoms with Crippen molar-refractivity contribution in [1.82, 2.24) is 19.7 Å². The van der Waals surface area contributed by atoms with Gasteiger partial charge in [-0.1, -0.05) is 0 Å². The smallest absolute Gasteiger partial charge is 0.168 e. The third kappa shape index (κ3) is 2.69. The molecular weight excluding hydrogens is 326 g/mol. The fraction of sp³-hybridized carbons (Fsp3) is 0.450. The second kappa shape index (κ2) is 6.27. The average molecular weight is 349 g/mol. The van der Waals surface area contributed by atoms with E-state index in [0.717, 1.165) is 47.2 Å². The Balaban J connectivity index is 1.64. The number of ether oxygens (including phenoxy) is 1. The van der Waals surface area contributed by atoms with E-state index in [1.54, 1.807) is 7.11 Å². The average Bonchev–Trinajstić information content (AvgIpc) is 3.47. The van der Waals surface area contributed by atoms with Crippen LogP contribution in [0, 0.1) is 0 Å². The second-order valence-corrected chi connectivity index (χ2v) is 7.22. The summed E-state index contributed by atoms with van der Waals surface area (Å²) in [6.45, 7) is 2.15. The van der Waals surface area contributed by atoms with Crippen LogP contribution in [-0.4, -0.2) is 39.9 Å². The van der Waals surface area contributed by atoms with E-state index in [0.29, 0.717) is 5.92 Å². The van der Waals surface area contributed by atoms with Crippen molar-refractivity contribution in [2.24, 2.45) is 0 Å². The van der Waals surface area contributed by atoms with Crippen molar-refractivity contribution in [2.75, 3.05) is 25.1 Å². The summed E-state index contributed by atoms with van der Waals surface area (Å²) in [6.07, 6.45) is 8.09. The first-order valence-electron chi connectivity index (χ1n) is 9.48. The topological polar surface area (TPSA) is 56.1 Å². The Morgan fingerprint density at radius 1 is 1.00 bits per heavy atom.